The normalized spacial score (nSPS) is 15.4. The minimum Gasteiger partial charge on any atom is -0.497 e. The number of aryl methyl sites for hydroxylation is 2. The second-order valence-electron chi connectivity index (χ2n) is 9.30. The summed E-state index contributed by atoms with van der Waals surface area (Å²) in [7, 11) is 5.80. The first-order valence-electron chi connectivity index (χ1n) is 11.9. The Labute approximate surface area is 207 Å². The standard InChI is InChI=1S/C29H33N3O3/c1-19-9-6-7-10-23(19)28(33)30-21-12-14-24(20(2)17-21)29(34)32-16-8-11-26(31(3)4)25-18-22(35-5)13-15-27(25)32/h6-7,9-10,12-15,17-18,26H,8,11,16H2,1-5H3,(H,30,33). The zero-order chi connectivity index (χ0) is 25.1. The van der Waals surface area contributed by atoms with Gasteiger partial charge in [-0.15, -0.1) is 0 Å². The molecular formula is C29H33N3O3. The van der Waals surface area contributed by atoms with Crippen LogP contribution in [0, 0.1) is 13.8 Å². The van der Waals surface area contributed by atoms with Crippen molar-refractivity contribution < 1.29 is 14.3 Å². The highest BCUT2D eigenvalue weighted by Crippen LogP contribution is 2.38. The predicted octanol–water partition coefficient (Wildman–Crippen LogP) is 5.61. The summed E-state index contributed by atoms with van der Waals surface area (Å²) >= 11 is 0. The van der Waals surface area contributed by atoms with Crippen molar-refractivity contribution in [3.63, 3.8) is 0 Å². The number of carbonyl (C=O) groups is 2. The molecule has 1 aliphatic rings. The number of anilines is 2. The molecule has 0 saturated carbocycles. The van der Waals surface area contributed by atoms with Gasteiger partial charge in [0.15, 0.2) is 0 Å². The minimum absolute atomic E-state index is 0.0369. The molecule has 1 atom stereocenters. The van der Waals surface area contributed by atoms with Gasteiger partial charge in [-0.05, 0) is 99.9 Å². The Morgan fingerprint density at radius 3 is 2.43 bits per heavy atom. The van der Waals surface area contributed by atoms with Crippen LogP contribution in [0.5, 0.6) is 5.75 Å². The maximum atomic E-state index is 13.8. The molecule has 182 valence electrons. The molecular weight excluding hydrogens is 438 g/mol. The van der Waals surface area contributed by atoms with Crippen LogP contribution >= 0.6 is 0 Å². The van der Waals surface area contributed by atoms with Crippen molar-refractivity contribution in [1.29, 1.82) is 0 Å². The van der Waals surface area contributed by atoms with E-state index in [1.807, 2.05) is 73.3 Å². The summed E-state index contributed by atoms with van der Waals surface area (Å²) in [5.41, 5.74) is 5.69. The van der Waals surface area contributed by atoms with Crippen LogP contribution in [-0.2, 0) is 0 Å². The Hall–Kier alpha value is -3.64. The third kappa shape index (κ3) is 5.08. The molecule has 3 aromatic carbocycles. The molecule has 0 saturated heterocycles. The van der Waals surface area contributed by atoms with Gasteiger partial charge in [-0.25, -0.2) is 0 Å². The molecule has 6 nitrogen and oxygen atoms in total. The molecule has 4 rings (SSSR count). The van der Waals surface area contributed by atoms with Gasteiger partial charge in [0.25, 0.3) is 11.8 Å². The Balaban J connectivity index is 1.62. The van der Waals surface area contributed by atoms with E-state index in [1.165, 1.54) is 0 Å². The van der Waals surface area contributed by atoms with Crippen molar-refractivity contribution in [3.05, 3.63) is 88.5 Å². The number of nitrogens with one attached hydrogen (secondary N) is 1. The van der Waals surface area contributed by atoms with Gasteiger partial charge in [0.1, 0.15) is 5.75 Å². The fourth-order valence-electron chi connectivity index (χ4n) is 4.79. The number of rotatable bonds is 5. The van der Waals surface area contributed by atoms with Crippen LogP contribution in [0.1, 0.15) is 56.3 Å². The van der Waals surface area contributed by atoms with Gasteiger partial charge in [-0.2, -0.15) is 0 Å². The first-order chi connectivity index (χ1) is 16.8. The lowest BCUT2D eigenvalue weighted by Crippen LogP contribution is -2.32. The fraction of sp³-hybridized carbons (Fsp3) is 0.310. The summed E-state index contributed by atoms with van der Waals surface area (Å²) in [5, 5.41) is 2.96. The first-order valence-corrected chi connectivity index (χ1v) is 11.9. The van der Waals surface area contributed by atoms with E-state index in [0.29, 0.717) is 23.4 Å². The highest BCUT2D eigenvalue weighted by atomic mass is 16.5. The van der Waals surface area contributed by atoms with Crippen LogP contribution in [0.25, 0.3) is 0 Å². The van der Waals surface area contributed by atoms with Crippen LogP contribution in [-0.4, -0.2) is 44.5 Å². The van der Waals surface area contributed by atoms with Gasteiger partial charge >= 0.3 is 0 Å². The molecule has 1 aliphatic heterocycles. The van der Waals surface area contributed by atoms with Crippen molar-refractivity contribution in [3.8, 4) is 5.75 Å². The van der Waals surface area contributed by atoms with E-state index in [9.17, 15) is 9.59 Å². The Kier molecular flexibility index (Phi) is 7.22. The van der Waals surface area contributed by atoms with Crippen molar-refractivity contribution in [2.24, 2.45) is 0 Å². The molecule has 35 heavy (non-hydrogen) atoms. The molecule has 6 heteroatoms. The fourth-order valence-corrected chi connectivity index (χ4v) is 4.79. The number of hydrogen-bond acceptors (Lipinski definition) is 4. The van der Waals surface area contributed by atoms with Gasteiger partial charge in [0, 0.05) is 35.1 Å². The number of amides is 2. The number of methoxy groups -OCH3 is 1. The highest BCUT2D eigenvalue weighted by Gasteiger charge is 2.29. The quantitative estimate of drug-likeness (QED) is 0.526. The maximum Gasteiger partial charge on any atom is 0.258 e. The molecule has 2 amide bonds. The topological polar surface area (TPSA) is 61.9 Å². The van der Waals surface area contributed by atoms with E-state index in [4.69, 9.17) is 4.74 Å². The summed E-state index contributed by atoms with van der Waals surface area (Å²) in [6.45, 7) is 4.47. The van der Waals surface area contributed by atoms with Gasteiger partial charge in [-0.3, -0.25) is 9.59 Å². The molecule has 1 heterocycles. The zero-order valence-electron chi connectivity index (χ0n) is 21.1. The van der Waals surface area contributed by atoms with Crippen LogP contribution in [0.4, 0.5) is 11.4 Å². The molecule has 0 aliphatic carbocycles. The van der Waals surface area contributed by atoms with Crippen molar-refractivity contribution in [1.82, 2.24) is 4.90 Å². The summed E-state index contributed by atoms with van der Waals surface area (Å²) in [6.07, 6.45) is 1.86. The summed E-state index contributed by atoms with van der Waals surface area (Å²) in [6, 6.07) is 19.1. The third-order valence-corrected chi connectivity index (χ3v) is 6.72. The van der Waals surface area contributed by atoms with Crippen molar-refractivity contribution in [2.45, 2.75) is 32.7 Å². The SMILES string of the molecule is COc1ccc2c(c1)C(N(C)C)CCCN2C(=O)c1ccc(NC(=O)c2ccccc2C)cc1C. The molecule has 0 aromatic heterocycles. The van der Waals surface area contributed by atoms with Crippen LogP contribution in [0.3, 0.4) is 0 Å². The smallest absolute Gasteiger partial charge is 0.258 e. The molecule has 1 unspecified atom stereocenters. The second kappa shape index (κ2) is 10.3. The van der Waals surface area contributed by atoms with Gasteiger partial charge < -0.3 is 19.9 Å². The molecule has 0 radical (unpaired) electrons. The van der Waals surface area contributed by atoms with E-state index >= 15 is 0 Å². The lowest BCUT2D eigenvalue weighted by molar-refractivity contribution is 0.0985. The summed E-state index contributed by atoms with van der Waals surface area (Å²) in [5.74, 6) is 0.589. The van der Waals surface area contributed by atoms with Gasteiger partial charge in [0.2, 0.25) is 0 Å². The van der Waals surface area contributed by atoms with E-state index in [2.05, 4.69) is 24.3 Å². The molecule has 0 spiro atoms. The number of hydrogen-bond donors (Lipinski definition) is 1. The number of fused-ring (bicyclic) bond motifs is 1. The average molecular weight is 472 g/mol. The van der Waals surface area contributed by atoms with Crippen LogP contribution < -0.4 is 15.0 Å². The van der Waals surface area contributed by atoms with E-state index in [1.54, 1.807) is 13.2 Å². The Bertz CT molecular complexity index is 1250. The monoisotopic (exact) mass is 471 g/mol. The first kappa shape index (κ1) is 24.5. The number of carbonyl (C=O) groups excluding carboxylic acids is 2. The molecule has 0 fully saturated rings. The molecule has 3 aromatic rings. The van der Waals surface area contributed by atoms with E-state index in [-0.39, 0.29) is 17.9 Å². The summed E-state index contributed by atoms with van der Waals surface area (Å²) in [4.78, 5) is 30.6. The number of nitrogens with zero attached hydrogens (tertiary/aromatic N) is 2. The molecule has 1 N–H and O–H groups in total. The third-order valence-electron chi connectivity index (χ3n) is 6.72. The van der Waals surface area contributed by atoms with Crippen LogP contribution in [0.15, 0.2) is 60.7 Å². The minimum atomic E-state index is -0.160. The van der Waals surface area contributed by atoms with Gasteiger partial charge in [-0.1, -0.05) is 18.2 Å². The Morgan fingerprint density at radius 1 is 0.971 bits per heavy atom. The van der Waals surface area contributed by atoms with Crippen molar-refractivity contribution in [2.75, 3.05) is 38.0 Å². The average Bonchev–Trinajstić information content (AvgIpc) is 3.03. The largest absolute Gasteiger partial charge is 0.497 e. The lowest BCUT2D eigenvalue weighted by atomic mass is 10.00. The van der Waals surface area contributed by atoms with Crippen LogP contribution in [0.2, 0.25) is 0 Å². The number of ether oxygens (including phenoxy) is 1. The van der Waals surface area contributed by atoms with E-state index in [0.717, 1.165) is 41.0 Å². The zero-order valence-corrected chi connectivity index (χ0v) is 21.1. The van der Waals surface area contributed by atoms with E-state index < -0.39 is 0 Å². The second-order valence-corrected chi connectivity index (χ2v) is 9.30. The summed E-state index contributed by atoms with van der Waals surface area (Å²) < 4.78 is 5.48. The lowest BCUT2D eigenvalue weighted by Gasteiger charge is -2.28. The van der Waals surface area contributed by atoms with Gasteiger partial charge in [0.05, 0.1) is 7.11 Å². The maximum absolute atomic E-state index is 13.8. The molecule has 0 bridgehead atoms. The van der Waals surface area contributed by atoms with Crippen molar-refractivity contribution >= 4 is 23.2 Å². The predicted molar refractivity (Wildman–Crippen MR) is 141 cm³/mol. The Morgan fingerprint density at radius 2 is 1.74 bits per heavy atom. The highest BCUT2D eigenvalue weighted by molar-refractivity contribution is 6.09. The number of benzene rings is 3.